The molecule has 1 unspecified atom stereocenters. The highest BCUT2D eigenvalue weighted by Gasteiger charge is 2.21. The number of carbonyl (C=O) groups excluding carboxylic acids is 1. The van der Waals surface area contributed by atoms with Crippen molar-refractivity contribution in [1.29, 1.82) is 0 Å². The number of thiophene rings is 1. The summed E-state index contributed by atoms with van der Waals surface area (Å²) in [5.74, 6) is -0.117. The maximum absolute atomic E-state index is 12.1. The molecule has 0 spiro atoms. The van der Waals surface area contributed by atoms with Crippen LogP contribution >= 0.6 is 22.9 Å². The number of aromatic nitrogens is 3. The molecule has 1 atom stereocenters. The van der Waals surface area contributed by atoms with Crippen LogP contribution in [0.2, 0.25) is 5.02 Å². The fourth-order valence-corrected chi connectivity index (χ4v) is 4.56. The van der Waals surface area contributed by atoms with Crippen LogP contribution in [0, 0.1) is 0 Å². The van der Waals surface area contributed by atoms with Gasteiger partial charge in [0, 0.05) is 35.6 Å². The van der Waals surface area contributed by atoms with E-state index in [1.54, 1.807) is 18.6 Å². The van der Waals surface area contributed by atoms with E-state index in [1.807, 2.05) is 48.8 Å². The van der Waals surface area contributed by atoms with Crippen LogP contribution in [-0.2, 0) is 6.54 Å². The minimum atomic E-state index is -0.542. The highest BCUT2D eigenvalue weighted by Crippen LogP contribution is 2.39. The van der Waals surface area contributed by atoms with Crippen molar-refractivity contribution < 1.29 is 9.53 Å². The van der Waals surface area contributed by atoms with Gasteiger partial charge in [0.15, 0.2) is 5.65 Å². The Morgan fingerprint density at radius 1 is 1.37 bits per heavy atom. The molecule has 30 heavy (non-hydrogen) atoms. The highest BCUT2D eigenvalue weighted by molar-refractivity contribution is 7.17. The average Bonchev–Trinajstić information content (AvgIpc) is 3.32. The van der Waals surface area contributed by atoms with Crippen LogP contribution in [0.15, 0.2) is 49.1 Å². The number of carbonyl (C=O) groups is 1. The number of ether oxygens (including phenoxy) is 1. The lowest BCUT2D eigenvalue weighted by atomic mass is 10.1. The van der Waals surface area contributed by atoms with Crippen molar-refractivity contribution >= 4 is 34.5 Å². The van der Waals surface area contributed by atoms with Crippen molar-refractivity contribution in [1.82, 2.24) is 19.7 Å². The molecule has 9 heteroatoms. The van der Waals surface area contributed by atoms with Gasteiger partial charge in [-0.3, -0.25) is 14.2 Å². The molecule has 3 heterocycles. The van der Waals surface area contributed by atoms with Crippen molar-refractivity contribution in [2.75, 3.05) is 7.05 Å². The molecule has 4 rings (SSSR count). The Morgan fingerprint density at radius 3 is 2.93 bits per heavy atom. The molecule has 4 aromatic rings. The van der Waals surface area contributed by atoms with Crippen LogP contribution in [0.4, 0.5) is 0 Å². The lowest BCUT2D eigenvalue weighted by Crippen LogP contribution is -2.12. The van der Waals surface area contributed by atoms with E-state index in [9.17, 15) is 4.79 Å². The summed E-state index contributed by atoms with van der Waals surface area (Å²) in [5, 5.41) is 3.71. The molecular weight excluding hydrogens is 422 g/mol. The van der Waals surface area contributed by atoms with Gasteiger partial charge in [0.25, 0.3) is 5.91 Å². The average molecular weight is 442 g/mol. The number of hydrogen-bond donors (Lipinski definition) is 2. The smallest absolute Gasteiger partial charge is 0.262 e. The standard InChI is InChI=1S/C21H20ClN5O2S/c1-12(14-4-3-13(9-24-2)7-15(14)22)29-17-8-18(30-20(17)21(23)28)16-10-26-19-11-25-5-6-27(16)19/h3-8,10-12,24H,9H2,1-2H3,(H2,23,28). The van der Waals surface area contributed by atoms with Gasteiger partial charge in [0.2, 0.25) is 0 Å². The van der Waals surface area contributed by atoms with Gasteiger partial charge < -0.3 is 15.8 Å². The lowest BCUT2D eigenvalue weighted by Gasteiger charge is -2.17. The second kappa shape index (κ2) is 8.43. The predicted molar refractivity (Wildman–Crippen MR) is 118 cm³/mol. The van der Waals surface area contributed by atoms with Crippen LogP contribution in [0.5, 0.6) is 5.75 Å². The number of benzene rings is 1. The first kappa shape index (κ1) is 20.3. The van der Waals surface area contributed by atoms with E-state index in [0.717, 1.165) is 28.2 Å². The fraction of sp³-hybridized carbons (Fsp3) is 0.190. The Bertz CT molecular complexity index is 1220. The zero-order chi connectivity index (χ0) is 21.3. The van der Waals surface area contributed by atoms with Crippen molar-refractivity contribution in [2.45, 2.75) is 19.6 Å². The number of hydrogen-bond acceptors (Lipinski definition) is 6. The van der Waals surface area contributed by atoms with E-state index in [-0.39, 0.29) is 6.10 Å². The minimum Gasteiger partial charge on any atom is -0.484 e. The van der Waals surface area contributed by atoms with Gasteiger partial charge in [-0.2, -0.15) is 0 Å². The Hall–Kier alpha value is -2.94. The minimum absolute atomic E-state index is 0.351. The van der Waals surface area contributed by atoms with Crippen LogP contribution in [-0.4, -0.2) is 27.3 Å². The van der Waals surface area contributed by atoms with Crippen molar-refractivity contribution in [2.24, 2.45) is 5.73 Å². The fourth-order valence-electron chi connectivity index (χ4n) is 3.25. The van der Waals surface area contributed by atoms with E-state index < -0.39 is 5.91 Å². The number of primary amides is 1. The molecule has 0 bridgehead atoms. The highest BCUT2D eigenvalue weighted by atomic mass is 35.5. The van der Waals surface area contributed by atoms with E-state index >= 15 is 0 Å². The van der Waals surface area contributed by atoms with Crippen molar-refractivity contribution in [3.8, 4) is 16.3 Å². The SMILES string of the molecule is CNCc1ccc(C(C)Oc2cc(-c3cnc4cnccn34)sc2C(N)=O)c(Cl)c1. The topological polar surface area (TPSA) is 94.5 Å². The number of fused-ring (bicyclic) bond motifs is 1. The summed E-state index contributed by atoms with van der Waals surface area (Å²) in [7, 11) is 1.88. The van der Waals surface area contributed by atoms with Crippen LogP contribution in [0.1, 0.15) is 33.8 Å². The lowest BCUT2D eigenvalue weighted by molar-refractivity contribution is 0.0998. The third kappa shape index (κ3) is 3.89. The Labute approximate surface area is 182 Å². The summed E-state index contributed by atoms with van der Waals surface area (Å²) in [4.78, 5) is 21.7. The largest absolute Gasteiger partial charge is 0.484 e. The van der Waals surface area contributed by atoms with Gasteiger partial charge in [-0.1, -0.05) is 23.7 Å². The summed E-state index contributed by atoms with van der Waals surface area (Å²) in [6, 6.07) is 7.66. The van der Waals surface area contributed by atoms with E-state index in [0.29, 0.717) is 21.3 Å². The number of nitrogens with two attached hydrogens (primary N) is 1. The van der Waals surface area contributed by atoms with Gasteiger partial charge in [-0.05, 0) is 25.6 Å². The van der Waals surface area contributed by atoms with Crippen LogP contribution < -0.4 is 15.8 Å². The maximum atomic E-state index is 12.1. The zero-order valence-electron chi connectivity index (χ0n) is 16.4. The number of imidazole rings is 1. The third-order valence-electron chi connectivity index (χ3n) is 4.68. The quantitative estimate of drug-likeness (QED) is 0.450. The van der Waals surface area contributed by atoms with Crippen molar-refractivity contribution in [3.05, 3.63) is 70.1 Å². The zero-order valence-corrected chi connectivity index (χ0v) is 18.0. The second-order valence-electron chi connectivity index (χ2n) is 6.76. The molecule has 0 saturated carbocycles. The second-order valence-corrected chi connectivity index (χ2v) is 8.22. The Balaban J connectivity index is 1.67. The first-order valence-corrected chi connectivity index (χ1v) is 10.5. The van der Waals surface area contributed by atoms with E-state index in [4.69, 9.17) is 22.1 Å². The molecule has 1 aromatic carbocycles. The summed E-state index contributed by atoms with van der Waals surface area (Å²) in [6.45, 7) is 2.62. The number of rotatable bonds is 7. The Kier molecular flexibility index (Phi) is 5.72. The molecule has 0 fully saturated rings. The monoisotopic (exact) mass is 441 g/mol. The normalized spacial score (nSPS) is 12.2. The first-order valence-electron chi connectivity index (χ1n) is 9.28. The Morgan fingerprint density at radius 2 is 2.20 bits per heavy atom. The van der Waals surface area contributed by atoms with Gasteiger partial charge >= 0.3 is 0 Å². The molecule has 1 amide bonds. The molecule has 0 radical (unpaired) electrons. The number of nitrogens with one attached hydrogen (secondary N) is 1. The summed E-state index contributed by atoms with van der Waals surface area (Å²) in [5.41, 5.74) is 9.08. The summed E-state index contributed by atoms with van der Waals surface area (Å²) < 4.78 is 8.03. The molecule has 0 aliphatic rings. The molecule has 7 nitrogen and oxygen atoms in total. The molecular formula is C21H20ClN5O2S. The van der Waals surface area contributed by atoms with Gasteiger partial charge in [-0.15, -0.1) is 11.3 Å². The number of nitrogens with zero attached hydrogens (tertiary/aromatic N) is 3. The predicted octanol–water partition coefficient (Wildman–Crippen LogP) is 4.07. The molecule has 0 saturated heterocycles. The van der Waals surface area contributed by atoms with Gasteiger partial charge in [-0.25, -0.2) is 4.98 Å². The van der Waals surface area contributed by atoms with Crippen LogP contribution in [0.25, 0.3) is 16.2 Å². The van der Waals surface area contributed by atoms with E-state index in [1.165, 1.54) is 11.3 Å². The summed E-state index contributed by atoms with van der Waals surface area (Å²) in [6.07, 6.45) is 6.54. The molecule has 3 N–H and O–H groups in total. The molecule has 3 aromatic heterocycles. The first-order chi connectivity index (χ1) is 14.5. The number of halogens is 1. The van der Waals surface area contributed by atoms with Gasteiger partial charge in [0.05, 0.1) is 23.0 Å². The molecule has 154 valence electrons. The molecule has 0 aliphatic heterocycles. The summed E-state index contributed by atoms with van der Waals surface area (Å²) >= 11 is 7.73. The third-order valence-corrected chi connectivity index (χ3v) is 6.16. The van der Waals surface area contributed by atoms with Gasteiger partial charge in [0.1, 0.15) is 16.7 Å². The maximum Gasteiger partial charge on any atom is 0.262 e. The van der Waals surface area contributed by atoms with Crippen LogP contribution in [0.3, 0.4) is 0 Å². The number of amides is 1. The van der Waals surface area contributed by atoms with E-state index in [2.05, 4.69) is 15.3 Å². The molecule has 0 aliphatic carbocycles. The van der Waals surface area contributed by atoms with Crippen molar-refractivity contribution in [3.63, 3.8) is 0 Å².